The number of rotatable bonds is 1. The van der Waals surface area contributed by atoms with Crippen molar-refractivity contribution < 1.29 is 9.66 Å². The lowest BCUT2D eigenvalue weighted by Crippen LogP contribution is -1.94. The Morgan fingerprint density at radius 3 is 2.79 bits per heavy atom. The van der Waals surface area contributed by atoms with Gasteiger partial charge >= 0.3 is 0 Å². The highest BCUT2D eigenvalue weighted by molar-refractivity contribution is 5.62. The number of fused-ring (bicyclic) bond motifs is 1. The second-order valence-corrected chi connectivity index (χ2v) is 4.90. The predicted molar refractivity (Wildman–Crippen MR) is 72.9 cm³/mol. The minimum Gasteiger partial charge on any atom is -0.377 e. The summed E-state index contributed by atoms with van der Waals surface area (Å²) in [6, 6.07) is 5.12. The Morgan fingerprint density at radius 1 is 1.16 bits per heavy atom. The normalized spacial score (nSPS) is 22.1. The number of ether oxygens (including phenoxy) is 1. The van der Waals surface area contributed by atoms with Crippen LogP contribution in [0.15, 0.2) is 35.4 Å². The molecule has 0 radical (unpaired) electrons. The summed E-state index contributed by atoms with van der Waals surface area (Å²) in [5, 5.41) is 10.8. The van der Waals surface area contributed by atoms with Crippen LogP contribution >= 0.6 is 0 Å². The lowest BCUT2D eigenvalue weighted by molar-refractivity contribution is -0.384. The molecular weight excluding hydrogens is 242 g/mol. The molecule has 2 aliphatic rings. The first-order valence-corrected chi connectivity index (χ1v) is 6.48. The fourth-order valence-electron chi connectivity index (χ4n) is 2.63. The maximum atomic E-state index is 10.8. The minimum absolute atomic E-state index is 0.156. The molecule has 0 spiro atoms. The van der Waals surface area contributed by atoms with Crippen molar-refractivity contribution in [2.45, 2.75) is 19.3 Å². The number of nitro benzene ring substituents is 1. The second-order valence-electron chi connectivity index (χ2n) is 4.90. The number of non-ortho nitro benzene ring substituents is 1. The molecule has 1 aliphatic heterocycles. The van der Waals surface area contributed by atoms with E-state index in [1.54, 1.807) is 12.1 Å². The van der Waals surface area contributed by atoms with Crippen LogP contribution in [0.2, 0.25) is 0 Å². The van der Waals surface area contributed by atoms with E-state index >= 15 is 0 Å². The summed E-state index contributed by atoms with van der Waals surface area (Å²) in [5.41, 5.74) is 5.00. The number of nitro groups is 1. The zero-order chi connectivity index (χ0) is 13.2. The molecule has 3 rings (SSSR count). The Kier molecular flexibility index (Phi) is 3.17. The van der Waals surface area contributed by atoms with Crippen LogP contribution in [0.5, 0.6) is 0 Å². The third kappa shape index (κ3) is 2.44. The fraction of sp³-hybridized carbons (Fsp3) is 0.333. The van der Waals surface area contributed by atoms with Crippen molar-refractivity contribution >= 4 is 11.8 Å². The lowest BCUT2D eigenvalue weighted by Gasteiger charge is -2.04. The summed E-state index contributed by atoms with van der Waals surface area (Å²) >= 11 is 0. The van der Waals surface area contributed by atoms with E-state index in [-0.39, 0.29) is 10.6 Å². The summed E-state index contributed by atoms with van der Waals surface area (Å²) in [4.78, 5) is 10.5. The third-order valence-electron chi connectivity index (χ3n) is 3.75. The van der Waals surface area contributed by atoms with Gasteiger partial charge in [-0.1, -0.05) is 18.2 Å². The highest BCUT2D eigenvalue weighted by Gasteiger charge is 2.15. The molecule has 98 valence electrons. The molecule has 0 saturated carbocycles. The van der Waals surface area contributed by atoms with Gasteiger partial charge in [0.1, 0.15) is 0 Å². The van der Waals surface area contributed by atoms with Crippen LogP contribution in [0, 0.1) is 10.1 Å². The molecule has 1 saturated heterocycles. The van der Waals surface area contributed by atoms with E-state index in [1.165, 1.54) is 16.7 Å². The van der Waals surface area contributed by atoms with Crippen LogP contribution in [0.3, 0.4) is 0 Å². The van der Waals surface area contributed by atoms with Gasteiger partial charge in [0, 0.05) is 12.1 Å². The number of aryl methyl sites for hydroxylation is 1. The van der Waals surface area contributed by atoms with Gasteiger partial charge in [0.05, 0.1) is 18.1 Å². The second kappa shape index (κ2) is 4.97. The van der Waals surface area contributed by atoms with Crippen molar-refractivity contribution in [2.75, 3.05) is 13.2 Å². The number of hydrogen-bond acceptors (Lipinski definition) is 3. The lowest BCUT2D eigenvalue weighted by atomic mass is 10.0. The van der Waals surface area contributed by atoms with E-state index in [4.69, 9.17) is 4.74 Å². The minimum atomic E-state index is -0.344. The average molecular weight is 257 g/mol. The molecular formula is C15H15NO3. The van der Waals surface area contributed by atoms with Crippen LogP contribution < -0.4 is 0 Å². The molecule has 0 amide bonds. The molecule has 0 aromatic heterocycles. The first-order chi connectivity index (χ1) is 9.24. The molecule has 1 heterocycles. The number of allylic oxidation sites excluding steroid dienone is 2. The van der Waals surface area contributed by atoms with E-state index in [0.29, 0.717) is 0 Å². The Hall–Kier alpha value is -1.94. The maximum Gasteiger partial charge on any atom is 0.270 e. The molecule has 19 heavy (non-hydrogen) atoms. The molecule has 1 aliphatic carbocycles. The predicted octanol–water partition coefficient (Wildman–Crippen LogP) is 3.27. The summed E-state index contributed by atoms with van der Waals surface area (Å²) in [5.74, 6) is 0. The van der Waals surface area contributed by atoms with Crippen molar-refractivity contribution in [1.82, 2.24) is 0 Å². The largest absolute Gasteiger partial charge is 0.377 e. The molecule has 0 unspecified atom stereocenters. The van der Waals surface area contributed by atoms with Gasteiger partial charge in [-0.3, -0.25) is 10.1 Å². The molecule has 0 N–H and O–H groups in total. The first kappa shape index (κ1) is 12.1. The molecule has 0 atom stereocenters. The topological polar surface area (TPSA) is 52.4 Å². The Bertz CT molecular complexity index is 579. The average Bonchev–Trinajstić information content (AvgIpc) is 2.85. The standard InChI is InChI=1S/C15H15NO3/c17-16(18)15-6-5-11-1-2-12(3-4-13(11)9-15)14-7-8-19-10-14/h3-6,9H,1-2,7-8,10H2/b14-12+. The Labute approximate surface area is 111 Å². The van der Waals surface area contributed by atoms with E-state index in [0.717, 1.165) is 38.0 Å². The van der Waals surface area contributed by atoms with E-state index in [1.807, 2.05) is 12.1 Å². The van der Waals surface area contributed by atoms with Crippen molar-refractivity contribution in [3.05, 3.63) is 56.7 Å². The smallest absolute Gasteiger partial charge is 0.270 e. The van der Waals surface area contributed by atoms with Gasteiger partial charge in [-0.2, -0.15) is 0 Å². The highest BCUT2D eigenvalue weighted by atomic mass is 16.6. The molecule has 1 fully saturated rings. The molecule has 1 aromatic rings. The van der Waals surface area contributed by atoms with Gasteiger partial charge < -0.3 is 4.74 Å². The van der Waals surface area contributed by atoms with Gasteiger partial charge in [0.25, 0.3) is 5.69 Å². The van der Waals surface area contributed by atoms with Crippen LogP contribution in [0.4, 0.5) is 5.69 Å². The zero-order valence-corrected chi connectivity index (χ0v) is 10.6. The third-order valence-corrected chi connectivity index (χ3v) is 3.75. The van der Waals surface area contributed by atoms with E-state index in [2.05, 4.69) is 6.08 Å². The summed E-state index contributed by atoms with van der Waals surface area (Å²) in [7, 11) is 0. The van der Waals surface area contributed by atoms with E-state index in [9.17, 15) is 10.1 Å². The molecule has 4 heteroatoms. The van der Waals surface area contributed by atoms with E-state index < -0.39 is 0 Å². The van der Waals surface area contributed by atoms with Crippen LogP contribution in [-0.2, 0) is 11.2 Å². The van der Waals surface area contributed by atoms with Gasteiger partial charge in [0.2, 0.25) is 0 Å². The quantitative estimate of drug-likeness (QED) is 0.573. The maximum absolute atomic E-state index is 10.8. The molecule has 1 aromatic carbocycles. The Morgan fingerprint density at radius 2 is 2.05 bits per heavy atom. The highest BCUT2D eigenvalue weighted by Crippen LogP contribution is 2.28. The zero-order valence-electron chi connectivity index (χ0n) is 10.6. The summed E-state index contributed by atoms with van der Waals surface area (Å²) in [6.45, 7) is 1.54. The van der Waals surface area contributed by atoms with Crippen molar-refractivity contribution in [1.29, 1.82) is 0 Å². The number of hydrogen-bond donors (Lipinski definition) is 0. The van der Waals surface area contributed by atoms with Crippen LogP contribution in [0.1, 0.15) is 24.0 Å². The Balaban J connectivity index is 1.95. The van der Waals surface area contributed by atoms with Crippen molar-refractivity contribution in [2.24, 2.45) is 0 Å². The van der Waals surface area contributed by atoms with Crippen molar-refractivity contribution in [3.8, 4) is 0 Å². The number of benzene rings is 1. The SMILES string of the molecule is O=[N+]([O-])c1ccc2c(c1)C=C/C(=C1\CCOC1)CC2. The van der Waals surface area contributed by atoms with Gasteiger partial charge in [-0.15, -0.1) is 0 Å². The van der Waals surface area contributed by atoms with Crippen LogP contribution in [0.25, 0.3) is 6.08 Å². The number of nitrogens with zero attached hydrogens (tertiary/aromatic N) is 1. The fourth-order valence-corrected chi connectivity index (χ4v) is 2.63. The van der Waals surface area contributed by atoms with Gasteiger partial charge in [-0.25, -0.2) is 0 Å². The van der Waals surface area contributed by atoms with Gasteiger partial charge in [-0.05, 0) is 41.5 Å². The summed E-state index contributed by atoms with van der Waals surface area (Å²) in [6.07, 6.45) is 7.02. The van der Waals surface area contributed by atoms with Crippen LogP contribution in [-0.4, -0.2) is 18.1 Å². The molecule has 4 nitrogen and oxygen atoms in total. The van der Waals surface area contributed by atoms with Crippen molar-refractivity contribution in [3.63, 3.8) is 0 Å². The first-order valence-electron chi connectivity index (χ1n) is 6.48. The molecule has 0 bridgehead atoms. The van der Waals surface area contributed by atoms with Gasteiger partial charge in [0.15, 0.2) is 0 Å². The monoisotopic (exact) mass is 257 g/mol. The summed E-state index contributed by atoms with van der Waals surface area (Å²) < 4.78 is 5.40.